The first-order valence-electron chi connectivity index (χ1n) is 7.56. The lowest BCUT2D eigenvalue weighted by Gasteiger charge is -2.16. The van der Waals surface area contributed by atoms with Crippen molar-refractivity contribution >= 4 is 22.5 Å². The van der Waals surface area contributed by atoms with Crippen LogP contribution in [0.2, 0.25) is 0 Å². The molecular weight excluding hydrogens is 298 g/mol. The van der Waals surface area contributed by atoms with Gasteiger partial charge in [0.15, 0.2) is 5.82 Å². The Balaban J connectivity index is 1.61. The molecule has 1 aliphatic heterocycles. The van der Waals surface area contributed by atoms with E-state index in [1.54, 1.807) is 7.11 Å². The maximum Gasteiger partial charge on any atom is 0.202 e. The predicted octanol–water partition coefficient (Wildman–Crippen LogP) is 2.85. The number of pyridine rings is 1. The van der Waals surface area contributed by atoms with Gasteiger partial charge in [0, 0.05) is 44.5 Å². The summed E-state index contributed by atoms with van der Waals surface area (Å²) in [5.41, 5.74) is 1.20. The summed E-state index contributed by atoms with van der Waals surface area (Å²) in [5.74, 6) is 1.80. The fourth-order valence-electron chi connectivity index (χ4n) is 2.44. The Morgan fingerprint density at radius 2 is 2.23 bits per heavy atom. The average Bonchev–Trinajstić information content (AvgIpc) is 3.24. The van der Waals surface area contributed by atoms with Crippen molar-refractivity contribution in [1.82, 2.24) is 14.3 Å². The predicted molar refractivity (Wildman–Crippen MR) is 88.3 cm³/mol. The maximum atomic E-state index is 5.23. The van der Waals surface area contributed by atoms with Crippen molar-refractivity contribution in [2.45, 2.75) is 32.4 Å². The molecule has 1 saturated heterocycles. The average molecular weight is 319 g/mol. The van der Waals surface area contributed by atoms with Crippen LogP contribution in [-0.2, 0) is 11.3 Å². The van der Waals surface area contributed by atoms with Crippen LogP contribution in [0.5, 0.6) is 0 Å². The van der Waals surface area contributed by atoms with E-state index >= 15 is 0 Å². The lowest BCUT2D eigenvalue weighted by molar-refractivity contribution is 0.113. The molecule has 22 heavy (non-hydrogen) atoms. The highest BCUT2D eigenvalue weighted by molar-refractivity contribution is 7.09. The van der Waals surface area contributed by atoms with Gasteiger partial charge >= 0.3 is 0 Å². The van der Waals surface area contributed by atoms with Gasteiger partial charge in [-0.05, 0) is 37.5 Å². The summed E-state index contributed by atoms with van der Waals surface area (Å²) in [7, 11) is 1.66. The lowest BCUT2D eigenvalue weighted by atomic mass is 10.2. The van der Waals surface area contributed by atoms with Gasteiger partial charge in [0.25, 0.3) is 0 Å². The molecule has 118 valence electrons. The van der Waals surface area contributed by atoms with E-state index < -0.39 is 0 Å². The third-order valence-corrected chi connectivity index (χ3v) is 4.53. The van der Waals surface area contributed by atoms with Crippen LogP contribution >= 0.6 is 11.5 Å². The van der Waals surface area contributed by atoms with Gasteiger partial charge in [-0.3, -0.25) is 0 Å². The first kappa shape index (κ1) is 15.2. The molecule has 7 heteroatoms. The molecule has 2 aromatic heterocycles. The van der Waals surface area contributed by atoms with Crippen LogP contribution in [0.25, 0.3) is 0 Å². The van der Waals surface area contributed by atoms with E-state index in [-0.39, 0.29) is 6.10 Å². The monoisotopic (exact) mass is 319 g/mol. The van der Waals surface area contributed by atoms with Crippen LogP contribution < -0.4 is 10.2 Å². The van der Waals surface area contributed by atoms with Crippen LogP contribution in [0.1, 0.15) is 37.3 Å². The molecular formula is C15H21N5OS. The molecule has 1 atom stereocenters. The van der Waals surface area contributed by atoms with Crippen LogP contribution in [0.4, 0.5) is 10.9 Å². The maximum absolute atomic E-state index is 5.23. The summed E-state index contributed by atoms with van der Waals surface area (Å²) in [6.45, 7) is 4.88. The summed E-state index contributed by atoms with van der Waals surface area (Å²) in [4.78, 5) is 11.3. The quantitative estimate of drug-likeness (QED) is 0.883. The van der Waals surface area contributed by atoms with E-state index in [1.165, 1.54) is 29.9 Å². The van der Waals surface area contributed by atoms with Gasteiger partial charge in [0.2, 0.25) is 5.13 Å². The van der Waals surface area contributed by atoms with Crippen molar-refractivity contribution in [1.29, 1.82) is 0 Å². The van der Waals surface area contributed by atoms with Gasteiger partial charge in [-0.2, -0.15) is 4.37 Å². The molecule has 0 radical (unpaired) electrons. The van der Waals surface area contributed by atoms with E-state index in [1.807, 2.05) is 19.2 Å². The minimum absolute atomic E-state index is 0.0745. The number of hydrogen-bond donors (Lipinski definition) is 1. The first-order valence-corrected chi connectivity index (χ1v) is 8.34. The highest BCUT2D eigenvalue weighted by Gasteiger charge is 2.14. The van der Waals surface area contributed by atoms with Crippen molar-refractivity contribution in [2.24, 2.45) is 0 Å². The molecule has 0 bridgehead atoms. The fourth-order valence-corrected chi connectivity index (χ4v) is 3.08. The van der Waals surface area contributed by atoms with Crippen LogP contribution in [0.15, 0.2) is 18.3 Å². The number of nitrogens with zero attached hydrogens (tertiary/aromatic N) is 4. The summed E-state index contributed by atoms with van der Waals surface area (Å²) in [5, 5.41) is 4.14. The molecule has 2 aromatic rings. The van der Waals surface area contributed by atoms with Gasteiger partial charge in [0.05, 0.1) is 0 Å². The van der Waals surface area contributed by atoms with E-state index in [9.17, 15) is 0 Å². The van der Waals surface area contributed by atoms with Crippen LogP contribution in [0.3, 0.4) is 0 Å². The van der Waals surface area contributed by atoms with Gasteiger partial charge in [-0.1, -0.05) is 0 Å². The second kappa shape index (κ2) is 7.02. The summed E-state index contributed by atoms with van der Waals surface area (Å²) in [6, 6.07) is 4.18. The fraction of sp³-hybridized carbons (Fsp3) is 0.533. The number of anilines is 2. The Morgan fingerprint density at radius 1 is 1.41 bits per heavy atom. The van der Waals surface area contributed by atoms with Gasteiger partial charge in [0.1, 0.15) is 11.9 Å². The Morgan fingerprint density at radius 3 is 3.00 bits per heavy atom. The van der Waals surface area contributed by atoms with E-state index in [0.29, 0.717) is 0 Å². The molecule has 6 nitrogen and oxygen atoms in total. The Hall–Kier alpha value is -1.73. The molecule has 0 saturated carbocycles. The molecule has 0 aromatic carbocycles. The molecule has 1 unspecified atom stereocenters. The number of hydrogen-bond acceptors (Lipinski definition) is 7. The number of methoxy groups -OCH3 is 1. The topological polar surface area (TPSA) is 63.2 Å². The van der Waals surface area contributed by atoms with E-state index in [0.717, 1.165) is 36.4 Å². The zero-order valence-electron chi connectivity index (χ0n) is 13.0. The molecule has 0 aliphatic carbocycles. The van der Waals surface area contributed by atoms with Crippen molar-refractivity contribution in [3.05, 3.63) is 29.7 Å². The van der Waals surface area contributed by atoms with Crippen molar-refractivity contribution in [3.63, 3.8) is 0 Å². The van der Waals surface area contributed by atoms with Gasteiger partial charge in [-0.15, -0.1) is 0 Å². The second-order valence-electron chi connectivity index (χ2n) is 5.41. The van der Waals surface area contributed by atoms with Crippen molar-refractivity contribution < 1.29 is 4.74 Å². The minimum atomic E-state index is -0.0745. The highest BCUT2D eigenvalue weighted by Crippen LogP contribution is 2.21. The Bertz CT molecular complexity index is 611. The molecule has 0 amide bonds. The van der Waals surface area contributed by atoms with E-state index in [2.05, 4.69) is 30.6 Å². The molecule has 3 heterocycles. The van der Waals surface area contributed by atoms with Crippen LogP contribution in [0, 0.1) is 0 Å². The minimum Gasteiger partial charge on any atom is -0.374 e. The molecule has 1 N–H and O–H groups in total. The smallest absolute Gasteiger partial charge is 0.202 e. The Labute approximate surface area is 134 Å². The van der Waals surface area contributed by atoms with Crippen LogP contribution in [-0.4, -0.2) is 34.5 Å². The normalized spacial score (nSPS) is 16.0. The largest absolute Gasteiger partial charge is 0.374 e. The second-order valence-corrected chi connectivity index (χ2v) is 6.16. The molecule has 0 spiro atoms. The summed E-state index contributed by atoms with van der Waals surface area (Å²) >= 11 is 1.36. The number of nitrogens with one attached hydrogen (secondary N) is 1. The summed E-state index contributed by atoms with van der Waals surface area (Å²) < 4.78 is 9.53. The Kier molecular flexibility index (Phi) is 4.84. The van der Waals surface area contributed by atoms with Crippen molar-refractivity contribution in [2.75, 3.05) is 30.4 Å². The third-order valence-electron chi connectivity index (χ3n) is 3.84. The zero-order chi connectivity index (χ0) is 15.4. The highest BCUT2D eigenvalue weighted by atomic mass is 32.1. The van der Waals surface area contributed by atoms with Gasteiger partial charge < -0.3 is 15.0 Å². The molecule has 3 rings (SSSR count). The van der Waals surface area contributed by atoms with E-state index in [4.69, 9.17) is 4.74 Å². The molecule has 1 fully saturated rings. The zero-order valence-corrected chi connectivity index (χ0v) is 13.8. The third kappa shape index (κ3) is 3.53. The standard InChI is InChI=1S/C15H21N5OS/c1-11(21-2)14-18-15(22-19-14)17-10-12-5-6-16-13(9-12)20-7-3-4-8-20/h5-6,9,11H,3-4,7-8,10H2,1-2H3,(H,17,18,19). The van der Waals surface area contributed by atoms with Crippen molar-refractivity contribution in [3.8, 4) is 0 Å². The first-order chi connectivity index (χ1) is 10.8. The lowest BCUT2D eigenvalue weighted by Crippen LogP contribution is -2.19. The number of aromatic nitrogens is 3. The molecule has 1 aliphatic rings. The SMILES string of the molecule is COC(C)c1nsc(NCc2ccnc(N3CCCC3)c2)n1. The summed E-state index contributed by atoms with van der Waals surface area (Å²) in [6.07, 6.45) is 4.32. The number of rotatable bonds is 6. The van der Waals surface area contributed by atoms with Gasteiger partial charge in [-0.25, -0.2) is 9.97 Å². The number of ether oxygens (including phenoxy) is 1.